The molecule has 0 radical (unpaired) electrons. The summed E-state index contributed by atoms with van der Waals surface area (Å²) in [5, 5.41) is 3.34. The Bertz CT molecular complexity index is 688. The first-order chi connectivity index (χ1) is 12.2. The average Bonchev–Trinajstić information content (AvgIpc) is 2.67. The van der Waals surface area contributed by atoms with E-state index in [1.165, 1.54) is 0 Å². The van der Waals surface area contributed by atoms with Gasteiger partial charge < -0.3 is 19.3 Å². The molecule has 6 nitrogen and oxygen atoms in total. The lowest BCUT2D eigenvalue weighted by Crippen LogP contribution is -2.30. The van der Waals surface area contributed by atoms with Crippen molar-refractivity contribution in [2.75, 3.05) is 33.1 Å². The van der Waals surface area contributed by atoms with Crippen LogP contribution in [0.5, 0.6) is 11.8 Å². The Morgan fingerprint density at radius 2 is 1.92 bits per heavy atom. The largest absolute Gasteiger partial charge is 0.612 e. The van der Waals surface area contributed by atoms with Crippen molar-refractivity contribution in [3.63, 3.8) is 0 Å². The van der Waals surface area contributed by atoms with E-state index in [4.69, 9.17) is 9.47 Å². The molecule has 25 heavy (non-hydrogen) atoms. The van der Waals surface area contributed by atoms with Gasteiger partial charge in [0.2, 0.25) is 0 Å². The number of rotatable bonds is 6. The Labute approximate surface area is 151 Å². The predicted octanol–water partition coefficient (Wildman–Crippen LogP) is 2.27. The monoisotopic (exact) mass is 361 g/mol. The highest BCUT2D eigenvalue weighted by atomic mass is 32.2. The van der Waals surface area contributed by atoms with Crippen molar-refractivity contribution in [1.82, 2.24) is 15.3 Å². The van der Waals surface area contributed by atoms with Gasteiger partial charge in [0.15, 0.2) is 10.6 Å². The van der Waals surface area contributed by atoms with Crippen LogP contribution in [0.4, 0.5) is 0 Å². The molecule has 1 saturated heterocycles. The number of nitrogens with zero attached hydrogens (tertiary/aromatic N) is 2. The number of aromatic nitrogens is 2. The van der Waals surface area contributed by atoms with Crippen molar-refractivity contribution >= 4 is 11.2 Å². The molecule has 7 heteroatoms. The fourth-order valence-corrected chi connectivity index (χ4v) is 3.55. The normalized spacial score (nSPS) is 16.4. The van der Waals surface area contributed by atoms with E-state index in [0.717, 1.165) is 37.1 Å². The molecule has 1 aromatic carbocycles. The summed E-state index contributed by atoms with van der Waals surface area (Å²) in [7, 11) is 1.57. The zero-order valence-electron chi connectivity index (χ0n) is 14.5. The van der Waals surface area contributed by atoms with Gasteiger partial charge in [0.1, 0.15) is 6.26 Å². The highest BCUT2D eigenvalue weighted by molar-refractivity contribution is 7.90. The number of hydrogen-bond acceptors (Lipinski definition) is 6. The number of benzene rings is 1. The zero-order chi connectivity index (χ0) is 17.6. The molecule has 1 aliphatic heterocycles. The number of piperidine rings is 1. The van der Waals surface area contributed by atoms with Crippen LogP contribution >= 0.6 is 0 Å². The highest BCUT2D eigenvalue weighted by Crippen LogP contribution is 2.29. The molecular weight excluding hydrogens is 338 g/mol. The van der Waals surface area contributed by atoms with Crippen molar-refractivity contribution in [1.29, 1.82) is 0 Å². The van der Waals surface area contributed by atoms with Crippen molar-refractivity contribution in [2.24, 2.45) is 5.92 Å². The number of methoxy groups -OCH3 is 1. The Hall–Kier alpha value is -1.83. The first-order valence-electron chi connectivity index (χ1n) is 8.35. The second-order valence-electron chi connectivity index (χ2n) is 6.08. The second-order valence-corrected chi connectivity index (χ2v) is 7.43. The maximum absolute atomic E-state index is 11.7. The summed E-state index contributed by atoms with van der Waals surface area (Å²) in [5.41, 5.74) is 1.77. The van der Waals surface area contributed by atoms with Crippen molar-refractivity contribution in [2.45, 2.75) is 17.7 Å². The molecular formula is C18H23N3O3S. The van der Waals surface area contributed by atoms with E-state index in [9.17, 15) is 4.55 Å². The van der Waals surface area contributed by atoms with Gasteiger partial charge in [-0.05, 0) is 66.8 Å². The van der Waals surface area contributed by atoms with Crippen LogP contribution in [0, 0.1) is 5.92 Å². The van der Waals surface area contributed by atoms with Crippen molar-refractivity contribution in [3.8, 4) is 22.9 Å². The van der Waals surface area contributed by atoms with E-state index in [1.54, 1.807) is 25.8 Å². The summed E-state index contributed by atoms with van der Waals surface area (Å²) >= 11 is -1.09. The average molecular weight is 361 g/mol. The van der Waals surface area contributed by atoms with Crippen LogP contribution in [0.3, 0.4) is 0 Å². The molecule has 0 saturated carbocycles. The van der Waals surface area contributed by atoms with Gasteiger partial charge >= 0.3 is 6.01 Å². The molecule has 2 aromatic rings. The van der Waals surface area contributed by atoms with Gasteiger partial charge in [0, 0.05) is 18.0 Å². The summed E-state index contributed by atoms with van der Waals surface area (Å²) in [6.07, 6.45) is 7.37. The maximum Gasteiger partial charge on any atom is 0.316 e. The third-order valence-corrected chi connectivity index (χ3v) is 5.30. The van der Waals surface area contributed by atoms with Crippen LogP contribution in [0.15, 0.2) is 35.5 Å². The van der Waals surface area contributed by atoms with Crippen LogP contribution in [-0.2, 0) is 11.2 Å². The minimum absolute atomic E-state index is 0.403. The number of nitrogens with one attached hydrogen (secondary N) is 1. The summed E-state index contributed by atoms with van der Waals surface area (Å²) in [6, 6.07) is 5.96. The van der Waals surface area contributed by atoms with E-state index in [-0.39, 0.29) is 0 Å². The molecule has 1 fully saturated rings. The fraction of sp³-hybridized carbons (Fsp3) is 0.444. The zero-order valence-corrected chi connectivity index (χ0v) is 15.3. The SMILES string of the molecule is COc1cc(-c2cnc(OCC3CCNCC3)nc2)ccc1[S@+](C)[O-]. The minimum atomic E-state index is -1.09. The van der Waals surface area contributed by atoms with E-state index in [0.29, 0.717) is 29.2 Å². The first-order valence-corrected chi connectivity index (χ1v) is 9.90. The van der Waals surface area contributed by atoms with Crippen LogP contribution in [-0.4, -0.2) is 47.6 Å². The van der Waals surface area contributed by atoms with Crippen molar-refractivity contribution < 1.29 is 14.0 Å². The summed E-state index contributed by atoms with van der Waals surface area (Å²) in [5.74, 6) is 1.17. The fourth-order valence-electron chi connectivity index (χ4n) is 2.87. The topological polar surface area (TPSA) is 79.3 Å². The van der Waals surface area contributed by atoms with Crippen LogP contribution in [0.1, 0.15) is 12.8 Å². The Balaban J connectivity index is 1.67. The van der Waals surface area contributed by atoms with Gasteiger partial charge in [0.05, 0.1) is 13.7 Å². The molecule has 1 aromatic heterocycles. The van der Waals surface area contributed by atoms with Gasteiger partial charge in [-0.3, -0.25) is 0 Å². The van der Waals surface area contributed by atoms with Gasteiger partial charge in [-0.15, -0.1) is 0 Å². The Kier molecular flexibility index (Phi) is 6.12. The number of hydrogen-bond donors (Lipinski definition) is 1. The van der Waals surface area contributed by atoms with E-state index < -0.39 is 11.2 Å². The van der Waals surface area contributed by atoms with E-state index >= 15 is 0 Å². The minimum Gasteiger partial charge on any atom is -0.612 e. The van der Waals surface area contributed by atoms with Gasteiger partial charge in [-0.1, -0.05) is 0 Å². The first kappa shape index (κ1) is 18.0. The molecule has 0 bridgehead atoms. The van der Waals surface area contributed by atoms with Crippen LogP contribution < -0.4 is 14.8 Å². The van der Waals surface area contributed by atoms with E-state index in [2.05, 4.69) is 15.3 Å². The molecule has 0 unspecified atom stereocenters. The lowest BCUT2D eigenvalue weighted by Gasteiger charge is -2.21. The second kappa shape index (κ2) is 8.51. The summed E-state index contributed by atoms with van der Waals surface area (Å²) < 4.78 is 22.8. The van der Waals surface area contributed by atoms with Crippen LogP contribution in [0.2, 0.25) is 0 Å². The molecule has 2 heterocycles. The molecule has 0 amide bonds. The van der Waals surface area contributed by atoms with Gasteiger partial charge in [-0.25, -0.2) is 9.97 Å². The van der Waals surface area contributed by atoms with Gasteiger partial charge in [0.25, 0.3) is 0 Å². The predicted molar refractivity (Wildman–Crippen MR) is 97.4 cm³/mol. The lowest BCUT2D eigenvalue weighted by molar-refractivity contribution is 0.202. The quantitative estimate of drug-likeness (QED) is 0.795. The molecule has 1 aliphatic rings. The third kappa shape index (κ3) is 4.62. The Morgan fingerprint density at radius 1 is 1.20 bits per heavy atom. The van der Waals surface area contributed by atoms with E-state index in [1.807, 2.05) is 18.2 Å². The molecule has 0 aliphatic carbocycles. The molecule has 1 N–H and O–H groups in total. The lowest BCUT2D eigenvalue weighted by atomic mass is 9.99. The molecule has 1 atom stereocenters. The molecule has 134 valence electrons. The van der Waals surface area contributed by atoms with Crippen LogP contribution in [0.25, 0.3) is 11.1 Å². The maximum atomic E-state index is 11.7. The summed E-state index contributed by atoms with van der Waals surface area (Å²) in [4.78, 5) is 9.28. The standard InChI is InChI=1S/C18H23N3O3S/c1-23-16-9-14(3-4-17(16)25(2)22)15-10-20-18(21-11-15)24-12-13-5-7-19-8-6-13/h3-4,9-11,13,19H,5-8,12H2,1-2H3/t25-/m0/s1. The summed E-state index contributed by atoms with van der Waals surface area (Å²) in [6.45, 7) is 2.76. The third-order valence-electron chi connectivity index (χ3n) is 4.34. The molecule has 0 spiro atoms. The van der Waals surface area contributed by atoms with Gasteiger partial charge in [-0.2, -0.15) is 0 Å². The highest BCUT2D eigenvalue weighted by Gasteiger charge is 2.15. The Morgan fingerprint density at radius 3 is 2.56 bits per heavy atom. The smallest absolute Gasteiger partial charge is 0.316 e. The molecule has 3 rings (SSSR count). The number of ether oxygens (including phenoxy) is 2. The van der Waals surface area contributed by atoms with Crippen molar-refractivity contribution in [3.05, 3.63) is 30.6 Å².